The summed E-state index contributed by atoms with van der Waals surface area (Å²) in [5, 5.41) is 8.65. The first-order valence-electron chi connectivity index (χ1n) is 10.3. The van der Waals surface area contributed by atoms with Crippen LogP contribution in [0.1, 0.15) is 44.0 Å². The fraction of sp³-hybridized carbons (Fsp3) is 0.348. The topological polar surface area (TPSA) is 90.5 Å². The van der Waals surface area contributed by atoms with Gasteiger partial charge in [0.15, 0.2) is 0 Å². The standard InChI is InChI=1S/C23H30N4O3/c1-4-7-21(28)25-19-12-14-20(15-13-19)26-22(29)16-24-18-10-8-17(9-11-18)23(30)27(5-2)6-3/h8-15,24H,4-7,16H2,1-3H3,(H,25,28)(H,26,29). The zero-order valence-corrected chi connectivity index (χ0v) is 17.8. The fourth-order valence-corrected chi connectivity index (χ4v) is 2.90. The van der Waals surface area contributed by atoms with Gasteiger partial charge in [0.25, 0.3) is 5.91 Å². The summed E-state index contributed by atoms with van der Waals surface area (Å²) in [5.41, 5.74) is 2.73. The highest BCUT2D eigenvalue weighted by atomic mass is 16.2. The molecule has 0 aliphatic heterocycles. The van der Waals surface area contributed by atoms with E-state index in [4.69, 9.17) is 0 Å². The molecule has 0 bridgehead atoms. The van der Waals surface area contributed by atoms with Gasteiger partial charge in [0, 0.05) is 42.1 Å². The molecule has 3 N–H and O–H groups in total. The summed E-state index contributed by atoms with van der Waals surface area (Å²) in [5.74, 6) is -0.219. The molecule has 0 aromatic heterocycles. The Hall–Kier alpha value is -3.35. The number of benzene rings is 2. The quantitative estimate of drug-likeness (QED) is 0.553. The summed E-state index contributed by atoms with van der Waals surface area (Å²) in [6.45, 7) is 7.28. The third kappa shape index (κ3) is 6.92. The zero-order valence-electron chi connectivity index (χ0n) is 17.8. The van der Waals surface area contributed by atoms with Gasteiger partial charge in [0.05, 0.1) is 6.54 Å². The van der Waals surface area contributed by atoms with Crippen molar-refractivity contribution in [3.8, 4) is 0 Å². The first-order valence-corrected chi connectivity index (χ1v) is 10.3. The predicted octanol–water partition coefficient (Wildman–Crippen LogP) is 3.96. The van der Waals surface area contributed by atoms with Gasteiger partial charge >= 0.3 is 0 Å². The van der Waals surface area contributed by atoms with Crippen LogP contribution >= 0.6 is 0 Å². The monoisotopic (exact) mass is 410 g/mol. The minimum absolute atomic E-state index is 0.00127. The van der Waals surface area contributed by atoms with Gasteiger partial charge in [-0.05, 0) is 68.8 Å². The van der Waals surface area contributed by atoms with Gasteiger partial charge in [0.1, 0.15) is 0 Å². The van der Waals surface area contributed by atoms with Crippen molar-refractivity contribution in [1.82, 2.24) is 4.90 Å². The molecule has 0 saturated carbocycles. The Morgan fingerprint density at radius 1 is 0.733 bits per heavy atom. The first kappa shape index (κ1) is 22.9. The Balaban J connectivity index is 1.83. The lowest BCUT2D eigenvalue weighted by atomic mass is 10.1. The third-order valence-electron chi connectivity index (χ3n) is 4.57. The number of anilines is 3. The van der Waals surface area contributed by atoms with Crippen LogP contribution in [0.25, 0.3) is 0 Å². The Kier molecular flexibility index (Phi) is 8.87. The van der Waals surface area contributed by atoms with Crippen LogP contribution in [0.2, 0.25) is 0 Å². The molecule has 0 atom stereocenters. The van der Waals surface area contributed by atoms with Crippen molar-refractivity contribution >= 4 is 34.8 Å². The number of carbonyl (C=O) groups excluding carboxylic acids is 3. The molecule has 0 spiro atoms. The molecule has 0 radical (unpaired) electrons. The molecule has 2 aromatic rings. The Morgan fingerprint density at radius 2 is 1.23 bits per heavy atom. The number of hydrogen-bond acceptors (Lipinski definition) is 4. The molecule has 2 rings (SSSR count). The molecule has 30 heavy (non-hydrogen) atoms. The molecule has 0 aliphatic rings. The van der Waals surface area contributed by atoms with E-state index in [-0.39, 0.29) is 24.3 Å². The second-order valence-corrected chi connectivity index (χ2v) is 6.83. The van der Waals surface area contributed by atoms with Crippen LogP contribution in [-0.4, -0.2) is 42.3 Å². The van der Waals surface area contributed by atoms with Crippen LogP contribution in [0.4, 0.5) is 17.1 Å². The van der Waals surface area contributed by atoms with Gasteiger partial charge in [0.2, 0.25) is 11.8 Å². The highest BCUT2D eigenvalue weighted by Crippen LogP contribution is 2.15. The van der Waals surface area contributed by atoms with E-state index in [9.17, 15) is 14.4 Å². The molecule has 0 heterocycles. The van der Waals surface area contributed by atoms with Gasteiger partial charge in [-0.25, -0.2) is 0 Å². The fourth-order valence-electron chi connectivity index (χ4n) is 2.90. The SMILES string of the molecule is CCCC(=O)Nc1ccc(NC(=O)CNc2ccc(C(=O)N(CC)CC)cc2)cc1. The van der Waals surface area contributed by atoms with Crippen LogP contribution in [0, 0.1) is 0 Å². The van der Waals surface area contributed by atoms with Crippen molar-refractivity contribution in [3.05, 3.63) is 54.1 Å². The molecule has 0 aliphatic carbocycles. The lowest BCUT2D eigenvalue weighted by Gasteiger charge is -2.18. The summed E-state index contributed by atoms with van der Waals surface area (Å²) in [4.78, 5) is 37.9. The molecule has 0 unspecified atom stereocenters. The molecule has 3 amide bonds. The Labute approximate surface area is 177 Å². The first-order chi connectivity index (χ1) is 14.5. The molecule has 160 valence electrons. The second kappa shape index (κ2) is 11.6. The minimum atomic E-state index is -0.193. The lowest BCUT2D eigenvalue weighted by molar-refractivity contribution is -0.116. The Morgan fingerprint density at radius 3 is 1.73 bits per heavy atom. The summed E-state index contributed by atoms with van der Waals surface area (Å²) >= 11 is 0. The third-order valence-corrected chi connectivity index (χ3v) is 4.57. The van der Waals surface area contributed by atoms with E-state index >= 15 is 0 Å². The maximum Gasteiger partial charge on any atom is 0.253 e. The normalized spacial score (nSPS) is 10.2. The zero-order chi connectivity index (χ0) is 21.9. The van der Waals surface area contributed by atoms with Gasteiger partial charge in [-0.1, -0.05) is 6.92 Å². The largest absolute Gasteiger partial charge is 0.376 e. The van der Waals surface area contributed by atoms with E-state index in [1.54, 1.807) is 53.4 Å². The maximum absolute atomic E-state index is 12.3. The van der Waals surface area contributed by atoms with Crippen LogP contribution < -0.4 is 16.0 Å². The highest BCUT2D eigenvalue weighted by molar-refractivity contribution is 5.96. The molecular weight excluding hydrogens is 380 g/mol. The van der Waals surface area contributed by atoms with Gasteiger partial charge < -0.3 is 20.9 Å². The second-order valence-electron chi connectivity index (χ2n) is 6.83. The average Bonchev–Trinajstić information content (AvgIpc) is 2.75. The highest BCUT2D eigenvalue weighted by Gasteiger charge is 2.12. The molecule has 7 nitrogen and oxygen atoms in total. The van der Waals surface area contributed by atoms with Gasteiger partial charge in [-0.3, -0.25) is 14.4 Å². The van der Waals surface area contributed by atoms with E-state index in [1.807, 2.05) is 20.8 Å². The number of rotatable bonds is 10. The summed E-state index contributed by atoms with van der Waals surface area (Å²) in [6.07, 6.45) is 1.27. The van der Waals surface area contributed by atoms with Crippen molar-refractivity contribution in [2.45, 2.75) is 33.6 Å². The number of nitrogens with zero attached hydrogens (tertiary/aromatic N) is 1. The molecular formula is C23H30N4O3. The van der Waals surface area contributed by atoms with Gasteiger partial charge in [-0.2, -0.15) is 0 Å². The van der Waals surface area contributed by atoms with Crippen molar-refractivity contribution in [2.75, 3.05) is 35.6 Å². The summed E-state index contributed by atoms with van der Waals surface area (Å²) in [7, 11) is 0. The van der Waals surface area contributed by atoms with E-state index in [2.05, 4.69) is 16.0 Å². The van der Waals surface area contributed by atoms with Crippen molar-refractivity contribution < 1.29 is 14.4 Å². The van der Waals surface area contributed by atoms with Crippen LogP contribution in [-0.2, 0) is 9.59 Å². The maximum atomic E-state index is 12.3. The number of carbonyl (C=O) groups is 3. The summed E-state index contributed by atoms with van der Waals surface area (Å²) < 4.78 is 0. The van der Waals surface area contributed by atoms with Crippen LogP contribution in [0.15, 0.2) is 48.5 Å². The molecule has 0 fully saturated rings. The molecule has 7 heteroatoms. The van der Waals surface area contributed by atoms with E-state index < -0.39 is 0 Å². The molecule has 0 saturated heterocycles. The average molecular weight is 411 g/mol. The van der Waals surface area contributed by atoms with Gasteiger partial charge in [-0.15, -0.1) is 0 Å². The summed E-state index contributed by atoms with van der Waals surface area (Å²) in [6, 6.07) is 14.1. The smallest absolute Gasteiger partial charge is 0.253 e. The Bertz CT molecular complexity index is 844. The number of hydrogen-bond donors (Lipinski definition) is 3. The van der Waals surface area contributed by atoms with Crippen LogP contribution in [0.3, 0.4) is 0 Å². The van der Waals surface area contributed by atoms with Crippen molar-refractivity contribution in [2.24, 2.45) is 0 Å². The predicted molar refractivity (Wildman–Crippen MR) is 121 cm³/mol. The van der Waals surface area contributed by atoms with E-state index in [0.717, 1.165) is 12.1 Å². The van der Waals surface area contributed by atoms with Crippen LogP contribution in [0.5, 0.6) is 0 Å². The molecule has 2 aromatic carbocycles. The number of amides is 3. The minimum Gasteiger partial charge on any atom is -0.376 e. The van der Waals surface area contributed by atoms with E-state index in [0.29, 0.717) is 36.4 Å². The lowest BCUT2D eigenvalue weighted by Crippen LogP contribution is -2.30. The van der Waals surface area contributed by atoms with Crippen molar-refractivity contribution in [1.29, 1.82) is 0 Å². The van der Waals surface area contributed by atoms with E-state index in [1.165, 1.54) is 0 Å². The number of nitrogens with one attached hydrogen (secondary N) is 3. The van der Waals surface area contributed by atoms with Crippen molar-refractivity contribution in [3.63, 3.8) is 0 Å².